The molecule has 104 valence electrons. The molecule has 3 heteroatoms. The summed E-state index contributed by atoms with van der Waals surface area (Å²) >= 11 is 5.92. The number of ether oxygens (including phenoxy) is 1. The van der Waals surface area contributed by atoms with Gasteiger partial charge >= 0.3 is 0 Å². The van der Waals surface area contributed by atoms with Gasteiger partial charge in [0.2, 0.25) is 0 Å². The van der Waals surface area contributed by atoms with Crippen molar-refractivity contribution in [2.24, 2.45) is 0 Å². The molecule has 0 radical (unpaired) electrons. The monoisotopic (exact) mass is 287 g/mol. The Morgan fingerprint density at radius 1 is 1.10 bits per heavy atom. The molecule has 0 fully saturated rings. The molecule has 0 heterocycles. The minimum Gasteiger partial charge on any atom is -0.379 e. The van der Waals surface area contributed by atoms with E-state index in [0.717, 1.165) is 23.6 Å². The van der Waals surface area contributed by atoms with Crippen molar-refractivity contribution >= 4 is 17.3 Å². The Hall–Kier alpha value is -1.51. The van der Waals surface area contributed by atoms with Crippen molar-refractivity contribution in [3.8, 4) is 0 Å². The lowest BCUT2D eigenvalue weighted by Crippen LogP contribution is -2.33. The first-order valence-corrected chi connectivity index (χ1v) is 7.28. The Labute approximate surface area is 124 Å². The van der Waals surface area contributed by atoms with Crippen molar-refractivity contribution in [1.29, 1.82) is 0 Å². The number of nitrogens with one attached hydrogen (secondary N) is 1. The summed E-state index contributed by atoms with van der Waals surface area (Å²) in [4.78, 5) is 0. The first-order chi connectivity index (χ1) is 9.78. The minimum absolute atomic E-state index is 0.0932. The Morgan fingerprint density at radius 3 is 2.60 bits per heavy atom. The quantitative estimate of drug-likeness (QED) is 0.900. The minimum atomic E-state index is 0.0932. The topological polar surface area (TPSA) is 21.3 Å². The van der Waals surface area contributed by atoms with Gasteiger partial charge in [0.25, 0.3) is 0 Å². The van der Waals surface area contributed by atoms with Gasteiger partial charge in [-0.15, -0.1) is 0 Å². The zero-order valence-corrected chi connectivity index (χ0v) is 12.2. The lowest BCUT2D eigenvalue weighted by atomic mass is 9.85. The Kier molecular flexibility index (Phi) is 3.95. The second kappa shape index (κ2) is 5.86. The average Bonchev–Trinajstić information content (AvgIpc) is 2.49. The van der Waals surface area contributed by atoms with Crippen LogP contribution in [0.2, 0.25) is 5.02 Å². The molecule has 20 heavy (non-hydrogen) atoms. The molecule has 2 unspecified atom stereocenters. The number of rotatable bonds is 3. The van der Waals surface area contributed by atoms with E-state index in [2.05, 4.69) is 29.6 Å². The molecular weight excluding hydrogens is 270 g/mol. The summed E-state index contributed by atoms with van der Waals surface area (Å²) in [7, 11) is 1.78. The molecule has 0 saturated heterocycles. The molecule has 0 amide bonds. The van der Waals surface area contributed by atoms with Gasteiger partial charge in [-0.3, -0.25) is 0 Å². The van der Waals surface area contributed by atoms with Crippen LogP contribution in [0.15, 0.2) is 48.5 Å². The van der Waals surface area contributed by atoms with E-state index in [9.17, 15) is 0 Å². The highest BCUT2D eigenvalue weighted by Crippen LogP contribution is 2.34. The molecule has 1 aliphatic carbocycles. The van der Waals surface area contributed by atoms with Crippen LogP contribution < -0.4 is 5.32 Å². The van der Waals surface area contributed by atoms with Crippen LogP contribution in [0.5, 0.6) is 0 Å². The number of anilines is 1. The van der Waals surface area contributed by atoms with E-state index in [-0.39, 0.29) is 12.1 Å². The maximum atomic E-state index is 5.92. The van der Waals surface area contributed by atoms with Crippen molar-refractivity contribution < 1.29 is 4.74 Å². The van der Waals surface area contributed by atoms with Gasteiger partial charge in [0, 0.05) is 17.8 Å². The zero-order valence-electron chi connectivity index (χ0n) is 11.5. The normalized spacial score (nSPS) is 21.3. The van der Waals surface area contributed by atoms with Gasteiger partial charge in [0.15, 0.2) is 0 Å². The molecule has 0 saturated carbocycles. The summed E-state index contributed by atoms with van der Waals surface area (Å²) in [6, 6.07) is 16.7. The number of halogens is 1. The fourth-order valence-corrected chi connectivity index (χ4v) is 3.04. The van der Waals surface area contributed by atoms with Gasteiger partial charge in [0.1, 0.15) is 6.10 Å². The third kappa shape index (κ3) is 2.67. The number of benzene rings is 2. The predicted molar refractivity (Wildman–Crippen MR) is 83.4 cm³/mol. The highest BCUT2D eigenvalue weighted by molar-refractivity contribution is 6.30. The largest absolute Gasteiger partial charge is 0.379 e. The van der Waals surface area contributed by atoms with E-state index in [1.807, 2.05) is 24.3 Å². The highest BCUT2D eigenvalue weighted by atomic mass is 35.5. The fourth-order valence-electron chi connectivity index (χ4n) is 2.92. The first kappa shape index (κ1) is 13.5. The summed E-state index contributed by atoms with van der Waals surface area (Å²) in [5.41, 5.74) is 3.78. The summed E-state index contributed by atoms with van der Waals surface area (Å²) in [6.07, 6.45) is 2.25. The fraction of sp³-hybridized carbons (Fsp3) is 0.294. The van der Waals surface area contributed by atoms with Crippen LogP contribution in [0.1, 0.15) is 23.7 Å². The molecule has 0 spiro atoms. The molecule has 1 aliphatic rings. The molecule has 0 aliphatic heterocycles. The summed E-state index contributed by atoms with van der Waals surface area (Å²) in [5.74, 6) is 0. The second-order valence-electron chi connectivity index (χ2n) is 5.15. The van der Waals surface area contributed by atoms with E-state index < -0.39 is 0 Å². The number of fused-ring (bicyclic) bond motifs is 1. The highest BCUT2D eigenvalue weighted by Gasteiger charge is 2.29. The van der Waals surface area contributed by atoms with Crippen LogP contribution in [0.4, 0.5) is 5.69 Å². The average molecular weight is 288 g/mol. The van der Waals surface area contributed by atoms with Crippen LogP contribution in [0, 0.1) is 0 Å². The Balaban J connectivity index is 1.82. The molecule has 0 bridgehead atoms. The lowest BCUT2D eigenvalue weighted by molar-refractivity contribution is 0.0777. The van der Waals surface area contributed by atoms with Crippen LogP contribution in [0.25, 0.3) is 0 Å². The third-order valence-corrected chi connectivity index (χ3v) is 4.15. The molecule has 1 N–H and O–H groups in total. The maximum Gasteiger partial charge on any atom is 0.102 e. The van der Waals surface area contributed by atoms with E-state index in [0.29, 0.717) is 0 Å². The lowest BCUT2D eigenvalue weighted by Gasteiger charge is -2.33. The van der Waals surface area contributed by atoms with Crippen LogP contribution in [0.3, 0.4) is 0 Å². The second-order valence-corrected chi connectivity index (χ2v) is 5.59. The summed E-state index contributed by atoms with van der Waals surface area (Å²) < 4.78 is 5.74. The number of hydrogen-bond acceptors (Lipinski definition) is 2. The van der Waals surface area contributed by atoms with Gasteiger partial charge in [0.05, 0.1) is 6.04 Å². The number of methoxy groups -OCH3 is 1. The molecule has 2 aromatic carbocycles. The van der Waals surface area contributed by atoms with E-state index in [4.69, 9.17) is 16.3 Å². The van der Waals surface area contributed by atoms with Gasteiger partial charge in [-0.2, -0.15) is 0 Å². The third-order valence-electron chi connectivity index (χ3n) is 3.90. The molecular formula is C17H18ClNO. The number of hydrogen-bond donors (Lipinski definition) is 1. The summed E-state index contributed by atoms with van der Waals surface area (Å²) in [6.45, 7) is 0. The predicted octanol–water partition coefficient (Wildman–Crippen LogP) is 4.45. The van der Waals surface area contributed by atoms with Crippen molar-refractivity contribution in [2.45, 2.75) is 25.0 Å². The van der Waals surface area contributed by atoms with Crippen molar-refractivity contribution in [3.63, 3.8) is 0 Å². The molecule has 2 aromatic rings. The molecule has 0 aromatic heterocycles. The Bertz CT molecular complexity index is 582. The smallest absolute Gasteiger partial charge is 0.102 e. The number of aryl methyl sites for hydroxylation is 1. The van der Waals surface area contributed by atoms with E-state index in [1.54, 1.807) is 7.11 Å². The molecule has 3 rings (SSSR count). The first-order valence-electron chi connectivity index (χ1n) is 6.90. The SMILES string of the molecule is COC1c2ccccc2CCC1Nc1ccc(Cl)cc1. The van der Waals surface area contributed by atoms with Gasteiger partial charge < -0.3 is 10.1 Å². The maximum absolute atomic E-state index is 5.92. The van der Waals surface area contributed by atoms with Gasteiger partial charge in [-0.25, -0.2) is 0 Å². The van der Waals surface area contributed by atoms with Crippen molar-refractivity contribution in [3.05, 3.63) is 64.7 Å². The van der Waals surface area contributed by atoms with Gasteiger partial charge in [-0.05, 0) is 48.2 Å². The summed E-state index contributed by atoms with van der Waals surface area (Å²) in [5, 5.41) is 4.32. The van der Waals surface area contributed by atoms with Crippen LogP contribution >= 0.6 is 11.6 Å². The van der Waals surface area contributed by atoms with E-state index in [1.165, 1.54) is 11.1 Å². The van der Waals surface area contributed by atoms with Crippen LogP contribution in [-0.4, -0.2) is 13.2 Å². The molecule has 2 atom stereocenters. The Morgan fingerprint density at radius 2 is 1.85 bits per heavy atom. The molecule has 2 nitrogen and oxygen atoms in total. The van der Waals surface area contributed by atoms with Crippen molar-refractivity contribution in [2.75, 3.05) is 12.4 Å². The van der Waals surface area contributed by atoms with E-state index >= 15 is 0 Å². The van der Waals surface area contributed by atoms with Crippen LogP contribution in [-0.2, 0) is 11.2 Å². The standard InChI is InChI=1S/C17H18ClNO/c1-20-17-15-5-3-2-4-12(15)6-11-16(17)19-14-9-7-13(18)8-10-14/h2-5,7-10,16-17,19H,6,11H2,1H3. The van der Waals surface area contributed by atoms with Gasteiger partial charge in [-0.1, -0.05) is 35.9 Å². The van der Waals surface area contributed by atoms with Crippen molar-refractivity contribution in [1.82, 2.24) is 0 Å². The zero-order chi connectivity index (χ0) is 13.9.